The maximum atomic E-state index is 11.4. The van der Waals surface area contributed by atoms with Gasteiger partial charge in [-0.2, -0.15) is 0 Å². The fourth-order valence-electron chi connectivity index (χ4n) is 0.969. The predicted molar refractivity (Wildman–Crippen MR) is 54.5 cm³/mol. The van der Waals surface area contributed by atoms with E-state index in [1.54, 1.807) is 0 Å². The summed E-state index contributed by atoms with van der Waals surface area (Å²) >= 11 is 0. The monoisotopic (exact) mass is 184 g/mol. The molecule has 0 aromatic heterocycles. The minimum absolute atomic E-state index is 0.155. The van der Waals surface area contributed by atoms with Crippen molar-refractivity contribution in [3.63, 3.8) is 0 Å². The van der Waals surface area contributed by atoms with Crippen LogP contribution in [0.4, 0.5) is 0 Å². The molecule has 2 nitrogen and oxygen atoms in total. The van der Waals surface area contributed by atoms with Crippen LogP contribution in [0, 0.1) is 5.92 Å². The van der Waals surface area contributed by atoms with Crippen molar-refractivity contribution in [1.29, 1.82) is 0 Å². The van der Waals surface area contributed by atoms with E-state index in [0.717, 1.165) is 18.4 Å². The van der Waals surface area contributed by atoms with Gasteiger partial charge in [0.05, 0.1) is 6.61 Å². The molecule has 0 bridgehead atoms. The molecule has 0 unspecified atom stereocenters. The van der Waals surface area contributed by atoms with E-state index in [2.05, 4.69) is 6.92 Å². The molecule has 2 heteroatoms. The van der Waals surface area contributed by atoms with Crippen molar-refractivity contribution >= 4 is 5.97 Å². The van der Waals surface area contributed by atoms with Crippen LogP contribution < -0.4 is 0 Å². The molecular weight excluding hydrogens is 164 g/mol. The van der Waals surface area contributed by atoms with Crippen LogP contribution in [0.3, 0.4) is 0 Å². The normalized spacial score (nSPS) is 11.9. The molecule has 13 heavy (non-hydrogen) atoms. The zero-order valence-electron chi connectivity index (χ0n) is 9.09. The Labute approximate surface area is 81.0 Å². The SMILES string of the molecule is C/C=C(\CCC)C(=O)OCC(C)C. The summed E-state index contributed by atoms with van der Waals surface area (Å²) in [6.45, 7) is 8.51. The zero-order valence-corrected chi connectivity index (χ0v) is 9.09. The highest BCUT2D eigenvalue weighted by molar-refractivity contribution is 5.88. The minimum Gasteiger partial charge on any atom is -0.462 e. The molecule has 0 aliphatic heterocycles. The lowest BCUT2D eigenvalue weighted by atomic mass is 10.1. The zero-order chi connectivity index (χ0) is 10.3. The summed E-state index contributed by atoms with van der Waals surface area (Å²) in [6.07, 6.45) is 3.63. The maximum absolute atomic E-state index is 11.4. The van der Waals surface area contributed by atoms with Crippen molar-refractivity contribution in [2.75, 3.05) is 6.61 Å². The number of ether oxygens (including phenoxy) is 1. The van der Waals surface area contributed by atoms with Gasteiger partial charge in [-0.3, -0.25) is 0 Å². The van der Waals surface area contributed by atoms with Crippen molar-refractivity contribution < 1.29 is 9.53 Å². The van der Waals surface area contributed by atoms with Gasteiger partial charge in [-0.05, 0) is 19.3 Å². The minimum atomic E-state index is -0.155. The van der Waals surface area contributed by atoms with Crippen molar-refractivity contribution in [2.45, 2.75) is 40.5 Å². The van der Waals surface area contributed by atoms with Gasteiger partial charge in [-0.25, -0.2) is 4.79 Å². The largest absolute Gasteiger partial charge is 0.462 e. The van der Waals surface area contributed by atoms with Crippen LogP contribution in [0.1, 0.15) is 40.5 Å². The molecule has 0 spiro atoms. The molecule has 0 rings (SSSR count). The third-order valence-electron chi connectivity index (χ3n) is 1.68. The predicted octanol–water partition coefficient (Wildman–Crippen LogP) is 2.93. The first-order valence-corrected chi connectivity index (χ1v) is 4.94. The maximum Gasteiger partial charge on any atom is 0.333 e. The first-order valence-electron chi connectivity index (χ1n) is 4.94. The molecule has 0 saturated heterocycles. The highest BCUT2D eigenvalue weighted by Crippen LogP contribution is 2.07. The Kier molecular flexibility index (Phi) is 6.29. The lowest BCUT2D eigenvalue weighted by molar-refractivity contribution is -0.140. The molecule has 0 fully saturated rings. The fourth-order valence-corrected chi connectivity index (χ4v) is 0.969. The first kappa shape index (κ1) is 12.2. The van der Waals surface area contributed by atoms with Crippen LogP contribution in [0.2, 0.25) is 0 Å². The third-order valence-corrected chi connectivity index (χ3v) is 1.68. The molecular formula is C11H20O2. The summed E-state index contributed by atoms with van der Waals surface area (Å²) in [7, 11) is 0. The summed E-state index contributed by atoms with van der Waals surface area (Å²) in [5, 5.41) is 0. The number of hydrogen-bond acceptors (Lipinski definition) is 2. The lowest BCUT2D eigenvalue weighted by Gasteiger charge is -2.08. The number of allylic oxidation sites excluding steroid dienone is 1. The van der Waals surface area contributed by atoms with Gasteiger partial charge in [0.15, 0.2) is 0 Å². The molecule has 0 heterocycles. The van der Waals surface area contributed by atoms with Crippen molar-refractivity contribution in [3.05, 3.63) is 11.6 Å². The highest BCUT2D eigenvalue weighted by Gasteiger charge is 2.09. The van der Waals surface area contributed by atoms with E-state index in [9.17, 15) is 4.79 Å². The molecule has 0 amide bonds. The molecule has 0 aliphatic carbocycles. The molecule has 0 aromatic carbocycles. The van der Waals surface area contributed by atoms with Gasteiger partial charge in [0.1, 0.15) is 0 Å². The van der Waals surface area contributed by atoms with Gasteiger partial charge < -0.3 is 4.74 Å². The van der Waals surface area contributed by atoms with Gasteiger partial charge in [0, 0.05) is 5.57 Å². The van der Waals surface area contributed by atoms with Crippen LogP contribution in [0.15, 0.2) is 11.6 Å². The fraction of sp³-hybridized carbons (Fsp3) is 0.727. The van der Waals surface area contributed by atoms with Crippen molar-refractivity contribution in [3.8, 4) is 0 Å². The molecule has 0 N–H and O–H groups in total. The van der Waals surface area contributed by atoms with E-state index >= 15 is 0 Å². The van der Waals surface area contributed by atoms with E-state index in [1.807, 2.05) is 26.8 Å². The second kappa shape index (κ2) is 6.70. The van der Waals surface area contributed by atoms with Gasteiger partial charge in [-0.15, -0.1) is 0 Å². The average Bonchev–Trinajstić information content (AvgIpc) is 2.10. The second-order valence-electron chi connectivity index (χ2n) is 3.56. The molecule has 0 atom stereocenters. The van der Waals surface area contributed by atoms with E-state index in [-0.39, 0.29) is 5.97 Å². The average molecular weight is 184 g/mol. The Morgan fingerprint density at radius 3 is 2.46 bits per heavy atom. The Morgan fingerprint density at radius 2 is 2.08 bits per heavy atom. The Morgan fingerprint density at radius 1 is 1.46 bits per heavy atom. The van der Waals surface area contributed by atoms with Crippen LogP contribution >= 0.6 is 0 Å². The second-order valence-corrected chi connectivity index (χ2v) is 3.56. The van der Waals surface area contributed by atoms with Gasteiger partial charge >= 0.3 is 5.97 Å². The quantitative estimate of drug-likeness (QED) is 0.485. The third kappa shape index (κ3) is 5.45. The van der Waals surface area contributed by atoms with Crippen LogP contribution in [0.25, 0.3) is 0 Å². The van der Waals surface area contributed by atoms with Crippen LogP contribution in [-0.2, 0) is 9.53 Å². The Hall–Kier alpha value is -0.790. The Bertz CT molecular complexity index is 181. The van der Waals surface area contributed by atoms with Crippen LogP contribution in [0.5, 0.6) is 0 Å². The van der Waals surface area contributed by atoms with E-state index in [1.165, 1.54) is 0 Å². The Balaban J connectivity index is 3.93. The van der Waals surface area contributed by atoms with E-state index in [0.29, 0.717) is 12.5 Å². The smallest absolute Gasteiger partial charge is 0.333 e. The number of esters is 1. The number of carbonyl (C=O) groups is 1. The molecule has 0 saturated carbocycles. The number of rotatable bonds is 5. The summed E-state index contributed by atoms with van der Waals surface area (Å²) in [4.78, 5) is 11.4. The molecule has 76 valence electrons. The van der Waals surface area contributed by atoms with Gasteiger partial charge in [0.2, 0.25) is 0 Å². The van der Waals surface area contributed by atoms with Crippen LogP contribution in [-0.4, -0.2) is 12.6 Å². The lowest BCUT2D eigenvalue weighted by Crippen LogP contribution is -2.12. The van der Waals surface area contributed by atoms with E-state index < -0.39 is 0 Å². The molecule has 0 aromatic rings. The topological polar surface area (TPSA) is 26.3 Å². The standard InChI is InChI=1S/C11H20O2/c1-5-7-10(6-2)11(12)13-8-9(3)4/h6,9H,5,7-8H2,1-4H3/b10-6+. The number of hydrogen-bond donors (Lipinski definition) is 0. The van der Waals surface area contributed by atoms with Gasteiger partial charge in [-0.1, -0.05) is 33.3 Å². The van der Waals surface area contributed by atoms with Gasteiger partial charge in [0.25, 0.3) is 0 Å². The summed E-state index contributed by atoms with van der Waals surface area (Å²) in [5.41, 5.74) is 0.795. The molecule has 0 aliphatic rings. The summed E-state index contributed by atoms with van der Waals surface area (Å²) < 4.78 is 5.10. The summed E-state index contributed by atoms with van der Waals surface area (Å²) in [5.74, 6) is 0.252. The van der Waals surface area contributed by atoms with E-state index in [4.69, 9.17) is 4.74 Å². The number of carbonyl (C=O) groups excluding carboxylic acids is 1. The summed E-state index contributed by atoms with van der Waals surface area (Å²) in [6, 6.07) is 0. The van der Waals surface area contributed by atoms with Crippen molar-refractivity contribution in [1.82, 2.24) is 0 Å². The molecule has 0 radical (unpaired) electrons. The van der Waals surface area contributed by atoms with Crippen molar-refractivity contribution in [2.24, 2.45) is 5.92 Å². The highest BCUT2D eigenvalue weighted by atomic mass is 16.5. The first-order chi connectivity index (χ1) is 6.11.